The number of anilines is 1. The lowest BCUT2D eigenvalue weighted by atomic mass is 9.95. The third kappa shape index (κ3) is 4.15. The van der Waals surface area contributed by atoms with Crippen molar-refractivity contribution in [1.82, 2.24) is 25.1 Å². The molecule has 0 spiro atoms. The monoisotopic (exact) mass is 368 g/mol. The van der Waals surface area contributed by atoms with Gasteiger partial charge in [0, 0.05) is 31.9 Å². The highest BCUT2D eigenvalue weighted by molar-refractivity contribution is 5.46. The maximum Gasteiger partial charge on any atom is 0.168 e. The molecule has 0 radical (unpaired) electrons. The first-order chi connectivity index (χ1) is 13.4. The average Bonchev–Trinajstić information content (AvgIpc) is 3.23. The van der Waals surface area contributed by atoms with E-state index in [1.54, 1.807) is 0 Å². The summed E-state index contributed by atoms with van der Waals surface area (Å²) in [7, 11) is 0. The molecule has 0 amide bonds. The third-order valence-electron chi connectivity index (χ3n) is 6.18. The predicted octanol–water partition coefficient (Wildman–Crippen LogP) is 3.84. The van der Waals surface area contributed by atoms with Gasteiger partial charge in [0.1, 0.15) is 0 Å². The molecule has 1 aromatic heterocycles. The maximum atomic E-state index is 4.51. The summed E-state index contributed by atoms with van der Waals surface area (Å²) in [4.78, 5) is 5.09. The summed E-state index contributed by atoms with van der Waals surface area (Å²) in [6.07, 6.45) is 8.68. The van der Waals surface area contributed by atoms with Crippen molar-refractivity contribution < 1.29 is 0 Å². The maximum absolute atomic E-state index is 4.51. The summed E-state index contributed by atoms with van der Waals surface area (Å²) >= 11 is 0. The number of hydrogen-bond acceptors (Lipinski definition) is 5. The van der Waals surface area contributed by atoms with Crippen molar-refractivity contribution in [2.75, 3.05) is 31.1 Å². The average molecular weight is 369 g/mol. The molecule has 146 valence electrons. The van der Waals surface area contributed by atoms with Crippen molar-refractivity contribution in [3.63, 3.8) is 0 Å². The Morgan fingerprint density at radius 2 is 1.74 bits per heavy atom. The van der Waals surface area contributed by atoms with Crippen LogP contribution in [0, 0.1) is 0 Å². The van der Waals surface area contributed by atoms with E-state index in [0.717, 1.165) is 44.8 Å². The molecule has 4 rings (SSSR count). The fraction of sp³-hybridized carbons (Fsp3) is 0.667. The molecular weight excluding hydrogens is 336 g/mol. The predicted molar refractivity (Wildman–Crippen MR) is 108 cm³/mol. The fourth-order valence-electron chi connectivity index (χ4n) is 4.68. The van der Waals surface area contributed by atoms with Gasteiger partial charge in [-0.25, -0.2) is 4.68 Å². The molecule has 1 aliphatic carbocycles. The summed E-state index contributed by atoms with van der Waals surface area (Å²) in [5.74, 6) is 1.09. The first-order valence-corrected chi connectivity index (χ1v) is 10.7. The van der Waals surface area contributed by atoms with Gasteiger partial charge in [-0.05, 0) is 41.8 Å². The van der Waals surface area contributed by atoms with Crippen LogP contribution in [-0.4, -0.2) is 51.3 Å². The Balaban J connectivity index is 1.47. The topological polar surface area (TPSA) is 50.1 Å². The van der Waals surface area contributed by atoms with Crippen LogP contribution in [0.1, 0.15) is 69.8 Å². The minimum absolute atomic E-state index is 0.338. The van der Waals surface area contributed by atoms with E-state index >= 15 is 0 Å². The Labute approximate surface area is 162 Å². The number of hydrogen-bond donors (Lipinski definition) is 0. The molecule has 1 saturated heterocycles. The molecular formula is C21H32N6. The molecule has 6 nitrogen and oxygen atoms in total. The molecule has 1 atom stereocenters. The van der Waals surface area contributed by atoms with Gasteiger partial charge in [-0.3, -0.25) is 4.90 Å². The van der Waals surface area contributed by atoms with E-state index in [9.17, 15) is 0 Å². The summed E-state index contributed by atoms with van der Waals surface area (Å²) in [6.45, 7) is 6.53. The highest BCUT2D eigenvalue weighted by Crippen LogP contribution is 2.32. The van der Waals surface area contributed by atoms with E-state index in [2.05, 4.69) is 67.3 Å². The van der Waals surface area contributed by atoms with E-state index < -0.39 is 0 Å². The molecule has 1 aromatic carbocycles. The minimum Gasteiger partial charge on any atom is -0.369 e. The zero-order valence-electron chi connectivity index (χ0n) is 16.5. The number of nitrogens with zero attached hydrogens (tertiary/aromatic N) is 6. The summed E-state index contributed by atoms with van der Waals surface area (Å²) in [5.41, 5.74) is 1.33. The van der Waals surface area contributed by atoms with Crippen molar-refractivity contribution in [2.24, 2.45) is 0 Å². The standard InChI is InChI=1S/C21H32N6/c1-2-9-20(21-22-23-24-27(21)19-12-7-4-8-13-19)26-16-14-25(15-17-26)18-10-5-3-6-11-18/h3,5-6,10-11,19-20H,2,4,7-9,12-17H2,1H3. The second kappa shape index (κ2) is 8.83. The van der Waals surface area contributed by atoms with Crippen molar-refractivity contribution in [2.45, 2.75) is 64.0 Å². The number of rotatable bonds is 6. The minimum atomic E-state index is 0.338. The lowest BCUT2D eigenvalue weighted by molar-refractivity contribution is 0.158. The molecule has 1 unspecified atom stereocenters. The van der Waals surface area contributed by atoms with E-state index in [1.807, 2.05) is 0 Å². The number of tetrazole rings is 1. The zero-order valence-corrected chi connectivity index (χ0v) is 16.5. The Morgan fingerprint density at radius 1 is 1.00 bits per heavy atom. The van der Waals surface area contributed by atoms with Gasteiger partial charge in [0.15, 0.2) is 5.82 Å². The smallest absolute Gasteiger partial charge is 0.168 e. The van der Waals surface area contributed by atoms with E-state index in [1.165, 1.54) is 37.8 Å². The Hall–Kier alpha value is -1.95. The van der Waals surface area contributed by atoms with Crippen LogP contribution < -0.4 is 4.90 Å². The Morgan fingerprint density at radius 3 is 2.44 bits per heavy atom. The van der Waals surface area contributed by atoms with E-state index in [4.69, 9.17) is 0 Å². The highest BCUT2D eigenvalue weighted by atomic mass is 15.6. The van der Waals surface area contributed by atoms with Crippen molar-refractivity contribution >= 4 is 5.69 Å². The molecule has 2 aliphatic rings. The normalized spacial score (nSPS) is 20.7. The van der Waals surface area contributed by atoms with Crippen molar-refractivity contribution in [3.05, 3.63) is 36.2 Å². The van der Waals surface area contributed by atoms with Gasteiger partial charge in [-0.15, -0.1) is 5.10 Å². The third-order valence-corrected chi connectivity index (χ3v) is 6.18. The Kier molecular flexibility index (Phi) is 6.02. The zero-order chi connectivity index (χ0) is 18.5. The molecule has 1 saturated carbocycles. The van der Waals surface area contributed by atoms with Gasteiger partial charge in [0.05, 0.1) is 12.1 Å². The first kappa shape index (κ1) is 18.4. The molecule has 2 aromatic rings. The van der Waals surface area contributed by atoms with Crippen LogP contribution in [0.5, 0.6) is 0 Å². The van der Waals surface area contributed by atoms with Gasteiger partial charge >= 0.3 is 0 Å². The van der Waals surface area contributed by atoms with Crippen LogP contribution in [-0.2, 0) is 0 Å². The molecule has 1 aliphatic heterocycles. The van der Waals surface area contributed by atoms with Gasteiger partial charge in [0.2, 0.25) is 0 Å². The van der Waals surface area contributed by atoms with E-state index in [0.29, 0.717) is 12.1 Å². The fourth-order valence-corrected chi connectivity index (χ4v) is 4.68. The number of piperazine rings is 1. The van der Waals surface area contributed by atoms with Crippen LogP contribution in [0.2, 0.25) is 0 Å². The van der Waals surface area contributed by atoms with Crippen molar-refractivity contribution in [3.8, 4) is 0 Å². The Bertz CT molecular complexity index is 686. The van der Waals surface area contributed by atoms with Crippen molar-refractivity contribution in [1.29, 1.82) is 0 Å². The summed E-state index contributed by atoms with van der Waals surface area (Å²) < 4.78 is 2.17. The van der Waals surface area contributed by atoms with Crippen LogP contribution in [0.4, 0.5) is 5.69 Å². The van der Waals surface area contributed by atoms with Gasteiger partial charge in [0.25, 0.3) is 0 Å². The van der Waals surface area contributed by atoms with Gasteiger partial charge in [-0.2, -0.15) is 0 Å². The van der Waals surface area contributed by atoms with Crippen LogP contribution >= 0.6 is 0 Å². The van der Waals surface area contributed by atoms with Gasteiger partial charge < -0.3 is 4.90 Å². The molecule has 0 N–H and O–H groups in total. The largest absolute Gasteiger partial charge is 0.369 e. The molecule has 27 heavy (non-hydrogen) atoms. The molecule has 2 fully saturated rings. The number of aromatic nitrogens is 4. The van der Waals surface area contributed by atoms with Crippen LogP contribution in [0.25, 0.3) is 0 Å². The molecule has 0 bridgehead atoms. The summed E-state index contributed by atoms with van der Waals surface area (Å²) in [5, 5.41) is 13.0. The van der Waals surface area contributed by atoms with Crippen LogP contribution in [0.15, 0.2) is 30.3 Å². The second-order valence-electron chi connectivity index (χ2n) is 7.94. The summed E-state index contributed by atoms with van der Waals surface area (Å²) in [6, 6.07) is 11.6. The lowest BCUT2D eigenvalue weighted by Gasteiger charge is -2.40. The highest BCUT2D eigenvalue weighted by Gasteiger charge is 2.30. The van der Waals surface area contributed by atoms with Crippen LogP contribution in [0.3, 0.4) is 0 Å². The SMILES string of the molecule is CCCC(c1nnnn1C1CCCCC1)N1CCN(c2ccccc2)CC1. The molecule has 2 heterocycles. The number of benzene rings is 1. The second-order valence-corrected chi connectivity index (χ2v) is 7.94. The van der Waals surface area contributed by atoms with Gasteiger partial charge in [-0.1, -0.05) is 50.8 Å². The quantitative estimate of drug-likeness (QED) is 0.775. The number of para-hydroxylation sites is 1. The molecule has 6 heteroatoms. The lowest BCUT2D eigenvalue weighted by Crippen LogP contribution is -2.48. The van der Waals surface area contributed by atoms with E-state index in [-0.39, 0.29) is 0 Å². The first-order valence-electron chi connectivity index (χ1n) is 10.7.